The minimum atomic E-state index is -0.807. The van der Waals surface area contributed by atoms with E-state index in [0.717, 1.165) is 64.2 Å². The van der Waals surface area contributed by atoms with Crippen LogP contribution in [0.15, 0.2) is 4.99 Å². The molecule has 1 saturated heterocycles. The molecule has 5 N–H and O–H groups in total. The molecule has 0 aromatic carbocycles. The van der Waals surface area contributed by atoms with Gasteiger partial charge in [0.15, 0.2) is 5.03 Å². The van der Waals surface area contributed by atoms with Crippen LogP contribution in [0, 0.1) is 39.9 Å². The number of nitrogens with one attached hydrogen (secondary N) is 3. The third kappa shape index (κ3) is 11.1. The molecule has 4 fully saturated rings. The molecule has 14 heteroatoms. The van der Waals surface area contributed by atoms with E-state index in [1.807, 2.05) is 5.43 Å². The lowest BCUT2D eigenvalue weighted by molar-refractivity contribution is -0.525. The molecule has 47 heavy (non-hydrogen) atoms. The predicted octanol–water partition coefficient (Wildman–Crippen LogP) is 4.58. The molecule has 0 spiro atoms. The zero-order chi connectivity index (χ0) is 34.6. The van der Waals surface area contributed by atoms with Gasteiger partial charge < -0.3 is 30.5 Å². The van der Waals surface area contributed by atoms with Crippen LogP contribution in [-0.4, -0.2) is 66.7 Å². The number of guanidine groups is 1. The first-order valence-corrected chi connectivity index (χ1v) is 17.7. The molecule has 0 unspecified atom stereocenters. The highest BCUT2D eigenvalue weighted by Crippen LogP contribution is 2.65. The van der Waals surface area contributed by atoms with Gasteiger partial charge in [0, 0.05) is 19.4 Å². The zero-order valence-electron chi connectivity index (χ0n) is 29.2. The van der Waals surface area contributed by atoms with E-state index in [4.69, 9.17) is 21.6 Å². The molecule has 1 heterocycles. The number of nitro groups is 1. The van der Waals surface area contributed by atoms with Gasteiger partial charge in [0.2, 0.25) is 18.4 Å². The Labute approximate surface area is 281 Å². The van der Waals surface area contributed by atoms with Crippen molar-refractivity contribution < 1.29 is 23.9 Å². The summed E-state index contributed by atoms with van der Waals surface area (Å²) in [6.45, 7) is 18.6. The van der Waals surface area contributed by atoms with Crippen LogP contribution in [0.4, 0.5) is 0 Å². The topological polar surface area (TPSA) is 175 Å². The predicted molar refractivity (Wildman–Crippen MR) is 182 cm³/mol. The summed E-state index contributed by atoms with van der Waals surface area (Å²) in [7, 11) is -0.576. The van der Waals surface area contributed by atoms with Crippen molar-refractivity contribution in [2.45, 2.75) is 148 Å². The minimum absolute atomic E-state index is 0.00732. The lowest BCUT2D eigenvalue weighted by Gasteiger charge is -2.64. The number of carbonyl (C=O) groups excluding carboxylic acids is 2. The van der Waals surface area contributed by atoms with E-state index in [1.165, 1.54) is 0 Å². The molecule has 0 radical (unpaired) electrons. The van der Waals surface area contributed by atoms with Gasteiger partial charge in [0.1, 0.15) is 6.04 Å². The maximum Gasteiger partial charge on any atom is 0.481 e. The molecule has 2 amide bonds. The van der Waals surface area contributed by atoms with E-state index in [-0.39, 0.29) is 47.7 Å². The number of nitrogens with zero attached hydrogens (tertiary/aromatic N) is 3. The van der Waals surface area contributed by atoms with Crippen LogP contribution in [0.2, 0.25) is 0 Å². The van der Waals surface area contributed by atoms with Crippen molar-refractivity contribution in [2.75, 3.05) is 13.1 Å². The summed E-state index contributed by atoms with van der Waals surface area (Å²) in [5, 5.41) is 15.9. The van der Waals surface area contributed by atoms with Gasteiger partial charge in [0.05, 0.1) is 17.6 Å². The zero-order valence-corrected chi connectivity index (χ0v) is 29.2. The molecular formula is C33H58BN7O6. The van der Waals surface area contributed by atoms with Crippen molar-refractivity contribution in [1.82, 2.24) is 16.1 Å². The van der Waals surface area contributed by atoms with Crippen LogP contribution in [0.3, 0.4) is 0 Å². The second-order valence-corrected chi connectivity index (χ2v) is 14.9. The Bertz CT molecular complexity index is 1130. The largest absolute Gasteiger partial charge is 0.481 e. The molecule has 6 atom stereocenters. The summed E-state index contributed by atoms with van der Waals surface area (Å²) >= 11 is 0. The maximum absolute atomic E-state index is 13.8. The second kappa shape index (κ2) is 18.0. The van der Waals surface area contributed by atoms with Gasteiger partial charge >= 0.3 is 7.12 Å². The van der Waals surface area contributed by atoms with E-state index in [1.54, 1.807) is 0 Å². The number of hydrogen-bond donors (Lipinski definition) is 4. The highest BCUT2D eigenvalue weighted by atomic mass is 16.7. The molecule has 4 rings (SSSR count). The lowest BCUT2D eigenvalue weighted by Crippen LogP contribution is -2.65. The van der Waals surface area contributed by atoms with E-state index in [2.05, 4.69) is 55.1 Å². The molecule has 264 valence electrons. The molecule has 1 aliphatic heterocycles. The highest BCUT2D eigenvalue weighted by Gasteiger charge is 2.68. The Morgan fingerprint density at radius 1 is 1.06 bits per heavy atom. The van der Waals surface area contributed by atoms with Crippen molar-refractivity contribution in [3.8, 4) is 0 Å². The third-order valence-corrected chi connectivity index (χ3v) is 10.6. The second-order valence-electron chi connectivity index (χ2n) is 14.9. The fourth-order valence-electron chi connectivity index (χ4n) is 7.80. The molecule has 0 aromatic heterocycles. The van der Waals surface area contributed by atoms with Gasteiger partial charge in [-0.15, -0.1) is 0 Å². The minimum Gasteiger partial charge on any atom is -0.404 e. The Kier molecular flexibility index (Phi) is 14.8. The van der Waals surface area contributed by atoms with E-state index < -0.39 is 23.8 Å². The number of hydrazine groups is 1. The smallest absolute Gasteiger partial charge is 0.404 e. The summed E-state index contributed by atoms with van der Waals surface area (Å²) in [6, 6.07) is -0.807. The lowest BCUT2D eigenvalue weighted by atomic mass is 9.43. The van der Waals surface area contributed by atoms with Crippen LogP contribution in [0.5, 0.6) is 0 Å². The molecule has 2 bridgehead atoms. The Balaban J connectivity index is 1.57. The highest BCUT2D eigenvalue weighted by molar-refractivity contribution is 6.48. The van der Waals surface area contributed by atoms with Crippen LogP contribution < -0.4 is 21.8 Å². The first kappa shape index (κ1) is 38.5. The number of amides is 2. The van der Waals surface area contributed by atoms with Crippen molar-refractivity contribution in [1.29, 1.82) is 0 Å². The Morgan fingerprint density at radius 3 is 2.34 bits per heavy atom. The first-order valence-electron chi connectivity index (χ1n) is 17.7. The van der Waals surface area contributed by atoms with E-state index in [0.29, 0.717) is 44.1 Å². The summed E-state index contributed by atoms with van der Waals surface area (Å²) in [4.78, 5) is 44.8. The molecule has 13 nitrogen and oxygen atoms in total. The molecular weight excluding hydrogens is 601 g/mol. The number of rotatable bonds is 21. The molecule has 4 aliphatic rings. The monoisotopic (exact) mass is 659 g/mol. The van der Waals surface area contributed by atoms with Crippen molar-refractivity contribution in [2.24, 2.45) is 33.9 Å². The normalized spacial score (nSPS) is 25.7. The van der Waals surface area contributed by atoms with Crippen LogP contribution in [0.1, 0.15) is 125 Å². The number of aliphatic imine (C=N–C) groups is 1. The van der Waals surface area contributed by atoms with Gasteiger partial charge in [0.25, 0.3) is 5.96 Å². The fraction of sp³-hybridized carbons (Fsp3) is 0.879. The quantitative estimate of drug-likeness (QED) is 0.0264. The van der Waals surface area contributed by atoms with Crippen molar-refractivity contribution in [3.63, 3.8) is 0 Å². The summed E-state index contributed by atoms with van der Waals surface area (Å²) < 4.78 is 13.2. The molecule has 3 aliphatic carbocycles. The molecule has 3 saturated carbocycles. The van der Waals surface area contributed by atoms with Gasteiger partial charge in [-0.1, -0.05) is 65.2 Å². The van der Waals surface area contributed by atoms with Gasteiger partial charge in [-0.25, -0.2) is 21.7 Å². The van der Waals surface area contributed by atoms with Crippen molar-refractivity contribution >= 4 is 24.9 Å². The van der Waals surface area contributed by atoms with Gasteiger partial charge in [-0.3, -0.25) is 9.59 Å². The number of carbonyl (C=O) groups is 2. The van der Waals surface area contributed by atoms with Gasteiger partial charge in [-0.05, 0) is 75.0 Å². The fourth-order valence-corrected chi connectivity index (χ4v) is 7.80. The van der Waals surface area contributed by atoms with E-state index in [9.17, 15) is 19.7 Å². The Hall–Kier alpha value is -2.92. The number of nitrogens with two attached hydrogens (primary N) is 1. The summed E-state index contributed by atoms with van der Waals surface area (Å²) in [6.07, 6.45) is 11.9. The summed E-state index contributed by atoms with van der Waals surface area (Å²) in [5.41, 5.74) is 7.16. The average molecular weight is 660 g/mol. The standard InChI is InChI=1S/C33H58BN7O6/c1-23(2)20-28(34-46-27-22-24-21-26(32(24,3)4)33(27,5)47-34)39-30(43)25(16-15-19-37-31(35)40-41(44)45)38-29(42)17-13-11-9-7-8-10-12-14-18-36-6/h23-28H,7-22H2,1-5H3,(H,38,42)(H,39,43)(H3,35,37,40)/t24-,25-,26-,27+,28-,33-/m0/s1. The number of hydrogen-bond acceptors (Lipinski definition) is 7. The van der Waals surface area contributed by atoms with E-state index >= 15 is 0 Å². The number of unbranched alkanes of at least 4 members (excludes halogenated alkanes) is 7. The van der Waals surface area contributed by atoms with Crippen LogP contribution >= 0.6 is 0 Å². The van der Waals surface area contributed by atoms with Crippen LogP contribution in [-0.2, 0) is 18.9 Å². The van der Waals surface area contributed by atoms with Crippen molar-refractivity contribution in [3.05, 3.63) is 21.5 Å². The average Bonchev–Trinajstić information content (AvgIpc) is 3.36. The summed E-state index contributed by atoms with van der Waals surface area (Å²) in [5.74, 6) is 0.0988. The first-order chi connectivity index (χ1) is 22.3. The van der Waals surface area contributed by atoms with Crippen LogP contribution in [0.25, 0.3) is 4.85 Å². The maximum atomic E-state index is 13.8. The third-order valence-electron chi connectivity index (χ3n) is 10.6. The molecule has 0 aromatic rings. The van der Waals surface area contributed by atoms with Gasteiger partial charge in [-0.2, -0.15) is 0 Å². The SMILES string of the molecule is [C-]#[N+]CCCCCCCCCCC(=O)N[C@@H](CCCN=C(N)N[N+](=O)[O-])C(=O)N[C@@H](CC(C)C)B1O[C@@H]2C[C@@H]3C[C@@H](C3(C)C)[C@]2(C)O1. The Morgan fingerprint density at radius 2 is 1.72 bits per heavy atom.